The maximum atomic E-state index is 7.67. The van der Waals surface area contributed by atoms with Crippen molar-refractivity contribution in [2.75, 3.05) is 14.2 Å². The smallest absolute Gasteiger partial charge is 0.212 e. The Morgan fingerprint density at radius 3 is 2.28 bits per heavy atom. The minimum absolute atomic E-state index is 0.166. The van der Waals surface area contributed by atoms with Crippen molar-refractivity contribution < 1.29 is 9.47 Å². The third kappa shape index (κ3) is 2.51. The standard InChI is InChI=1S/C15H15NO2/c1-17-14-8-4-6-12(10-14)11-5-3-7-13(9-11)15(16)18-2/h3-10,16H,1-2H3. The first-order valence-electron chi connectivity index (χ1n) is 5.62. The molecular weight excluding hydrogens is 226 g/mol. The van der Waals surface area contributed by atoms with Gasteiger partial charge in [-0.05, 0) is 35.4 Å². The number of benzene rings is 2. The van der Waals surface area contributed by atoms with Crippen molar-refractivity contribution in [2.24, 2.45) is 0 Å². The second kappa shape index (κ2) is 5.36. The Morgan fingerprint density at radius 2 is 1.61 bits per heavy atom. The fourth-order valence-corrected chi connectivity index (χ4v) is 1.76. The van der Waals surface area contributed by atoms with Crippen molar-refractivity contribution in [1.82, 2.24) is 0 Å². The van der Waals surface area contributed by atoms with Gasteiger partial charge in [-0.3, -0.25) is 5.41 Å². The van der Waals surface area contributed by atoms with Crippen molar-refractivity contribution in [3.05, 3.63) is 54.1 Å². The van der Waals surface area contributed by atoms with Crippen LogP contribution in [0.2, 0.25) is 0 Å². The molecule has 92 valence electrons. The maximum absolute atomic E-state index is 7.67. The fourth-order valence-electron chi connectivity index (χ4n) is 1.76. The first kappa shape index (κ1) is 12.2. The van der Waals surface area contributed by atoms with Crippen LogP contribution in [0.5, 0.6) is 5.75 Å². The summed E-state index contributed by atoms with van der Waals surface area (Å²) in [5.41, 5.74) is 2.85. The molecule has 18 heavy (non-hydrogen) atoms. The maximum Gasteiger partial charge on any atom is 0.212 e. The van der Waals surface area contributed by atoms with Crippen molar-refractivity contribution >= 4 is 5.90 Å². The molecule has 0 amide bonds. The molecule has 2 aromatic carbocycles. The highest BCUT2D eigenvalue weighted by Gasteiger charge is 2.04. The van der Waals surface area contributed by atoms with Gasteiger partial charge in [0.15, 0.2) is 0 Å². The van der Waals surface area contributed by atoms with Crippen LogP contribution in [0.25, 0.3) is 11.1 Å². The Hall–Kier alpha value is -2.29. The molecule has 0 radical (unpaired) electrons. The quantitative estimate of drug-likeness (QED) is 0.661. The zero-order valence-corrected chi connectivity index (χ0v) is 10.4. The summed E-state index contributed by atoms with van der Waals surface area (Å²) in [4.78, 5) is 0. The van der Waals surface area contributed by atoms with E-state index < -0.39 is 0 Å². The van der Waals surface area contributed by atoms with E-state index in [1.54, 1.807) is 7.11 Å². The summed E-state index contributed by atoms with van der Waals surface area (Å²) in [6.45, 7) is 0. The van der Waals surface area contributed by atoms with E-state index in [0.717, 1.165) is 22.4 Å². The van der Waals surface area contributed by atoms with Gasteiger partial charge in [-0.25, -0.2) is 0 Å². The van der Waals surface area contributed by atoms with E-state index in [1.165, 1.54) is 7.11 Å². The first-order chi connectivity index (χ1) is 8.74. The lowest BCUT2D eigenvalue weighted by atomic mass is 10.0. The third-order valence-corrected chi connectivity index (χ3v) is 2.73. The van der Waals surface area contributed by atoms with E-state index in [0.29, 0.717) is 0 Å². The molecule has 3 heteroatoms. The molecule has 0 unspecified atom stereocenters. The second-order valence-electron chi connectivity index (χ2n) is 3.85. The Kier molecular flexibility index (Phi) is 3.63. The number of methoxy groups -OCH3 is 2. The summed E-state index contributed by atoms with van der Waals surface area (Å²) in [6, 6.07) is 15.5. The van der Waals surface area contributed by atoms with E-state index in [4.69, 9.17) is 14.9 Å². The van der Waals surface area contributed by atoms with Gasteiger partial charge in [0, 0.05) is 5.56 Å². The molecule has 0 fully saturated rings. The van der Waals surface area contributed by atoms with E-state index in [-0.39, 0.29) is 5.90 Å². The number of nitrogens with one attached hydrogen (secondary N) is 1. The topological polar surface area (TPSA) is 42.3 Å². The van der Waals surface area contributed by atoms with Crippen LogP contribution in [0.1, 0.15) is 5.56 Å². The predicted octanol–water partition coefficient (Wildman–Crippen LogP) is 3.33. The molecule has 0 aromatic heterocycles. The summed E-state index contributed by atoms with van der Waals surface area (Å²) in [6.07, 6.45) is 0. The Morgan fingerprint density at radius 1 is 0.944 bits per heavy atom. The number of hydrogen-bond acceptors (Lipinski definition) is 3. The van der Waals surface area contributed by atoms with Crippen molar-refractivity contribution in [3.8, 4) is 16.9 Å². The minimum atomic E-state index is 0.166. The second-order valence-corrected chi connectivity index (χ2v) is 3.85. The average Bonchev–Trinajstić information content (AvgIpc) is 2.46. The van der Waals surface area contributed by atoms with Crippen LogP contribution < -0.4 is 4.74 Å². The molecule has 1 N–H and O–H groups in total. The summed E-state index contributed by atoms with van der Waals surface area (Å²) in [5, 5.41) is 7.67. The molecule has 0 heterocycles. The van der Waals surface area contributed by atoms with Crippen LogP contribution in [-0.2, 0) is 4.74 Å². The van der Waals surface area contributed by atoms with Crippen molar-refractivity contribution in [2.45, 2.75) is 0 Å². The summed E-state index contributed by atoms with van der Waals surface area (Å²) >= 11 is 0. The molecule has 0 saturated carbocycles. The van der Waals surface area contributed by atoms with E-state index in [9.17, 15) is 0 Å². The summed E-state index contributed by atoms with van der Waals surface area (Å²) < 4.78 is 10.1. The molecule has 0 spiro atoms. The molecule has 0 atom stereocenters. The third-order valence-electron chi connectivity index (χ3n) is 2.73. The Labute approximate surface area is 106 Å². The molecule has 0 saturated heterocycles. The fraction of sp³-hybridized carbons (Fsp3) is 0.133. The van der Waals surface area contributed by atoms with Crippen molar-refractivity contribution in [1.29, 1.82) is 5.41 Å². The highest BCUT2D eigenvalue weighted by molar-refractivity contribution is 5.92. The van der Waals surface area contributed by atoms with Gasteiger partial charge in [0.2, 0.25) is 5.90 Å². The Balaban J connectivity index is 2.41. The summed E-state index contributed by atoms with van der Waals surface area (Å²) in [7, 11) is 3.15. The van der Waals surface area contributed by atoms with Gasteiger partial charge in [0.25, 0.3) is 0 Å². The molecular formula is C15H15NO2. The lowest BCUT2D eigenvalue weighted by Gasteiger charge is -2.07. The van der Waals surface area contributed by atoms with E-state index in [2.05, 4.69) is 0 Å². The van der Waals surface area contributed by atoms with Crippen LogP contribution in [-0.4, -0.2) is 20.1 Å². The van der Waals surface area contributed by atoms with Crippen LogP contribution in [0, 0.1) is 5.41 Å². The van der Waals surface area contributed by atoms with Gasteiger partial charge in [-0.2, -0.15) is 0 Å². The molecule has 0 bridgehead atoms. The lowest BCUT2D eigenvalue weighted by molar-refractivity contribution is 0.401. The van der Waals surface area contributed by atoms with Gasteiger partial charge in [0.1, 0.15) is 5.75 Å². The highest BCUT2D eigenvalue weighted by Crippen LogP contribution is 2.24. The van der Waals surface area contributed by atoms with Gasteiger partial charge in [-0.1, -0.05) is 24.3 Å². The van der Waals surface area contributed by atoms with Crippen LogP contribution >= 0.6 is 0 Å². The van der Waals surface area contributed by atoms with Crippen LogP contribution in [0.3, 0.4) is 0 Å². The largest absolute Gasteiger partial charge is 0.497 e. The molecule has 0 aliphatic carbocycles. The monoisotopic (exact) mass is 241 g/mol. The first-order valence-corrected chi connectivity index (χ1v) is 5.62. The van der Waals surface area contributed by atoms with Gasteiger partial charge < -0.3 is 9.47 Å². The number of hydrogen-bond donors (Lipinski definition) is 1. The zero-order chi connectivity index (χ0) is 13.0. The number of rotatable bonds is 3. The molecule has 2 aromatic rings. The SMILES string of the molecule is COC(=N)c1cccc(-c2cccc(OC)c2)c1. The molecule has 0 aliphatic heterocycles. The highest BCUT2D eigenvalue weighted by atomic mass is 16.5. The Bertz CT molecular complexity index is 564. The summed E-state index contributed by atoms with van der Waals surface area (Å²) in [5.74, 6) is 0.986. The minimum Gasteiger partial charge on any atom is -0.497 e. The van der Waals surface area contributed by atoms with E-state index in [1.807, 2.05) is 48.5 Å². The van der Waals surface area contributed by atoms with Gasteiger partial charge in [-0.15, -0.1) is 0 Å². The van der Waals surface area contributed by atoms with E-state index >= 15 is 0 Å². The van der Waals surface area contributed by atoms with Crippen molar-refractivity contribution in [3.63, 3.8) is 0 Å². The molecule has 2 rings (SSSR count). The van der Waals surface area contributed by atoms with Crippen LogP contribution in [0.15, 0.2) is 48.5 Å². The van der Waals surface area contributed by atoms with Gasteiger partial charge in [0.05, 0.1) is 14.2 Å². The average molecular weight is 241 g/mol. The number of ether oxygens (including phenoxy) is 2. The predicted molar refractivity (Wildman–Crippen MR) is 72.3 cm³/mol. The zero-order valence-electron chi connectivity index (χ0n) is 10.4. The normalized spacial score (nSPS) is 9.89. The lowest BCUT2D eigenvalue weighted by Crippen LogP contribution is -2.00. The van der Waals surface area contributed by atoms with Crippen LogP contribution in [0.4, 0.5) is 0 Å². The van der Waals surface area contributed by atoms with Gasteiger partial charge >= 0.3 is 0 Å². The molecule has 3 nitrogen and oxygen atoms in total. The molecule has 0 aliphatic rings.